The van der Waals surface area contributed by atoms with Gasteiger partial charge in [-0.15, -0.1) is 0 Å². The SMILES string of the molecule is CCNc1ccncc1C(=O)NCCc1nccn1C. The second-order valence-corrected chi connectivity index (χ2v) is 4.41. The number of hydrogen-bond donors (Lipinski definition) is 2. The monoisotopic (exact) mass is 273 g/mol. The third-order valence-corrected chi connectivity index (χ3v) is 2.99. The van der Waals surface area contributed by atoms with E-state index in [1.165, 1.54) is 0 Å². The van der Waals surface area contributed by atoms with Gasteiger partial charge in [-0.1, -0.05) is 0 Å². The van der Waals surface area contributed by atoms with Crippen LogP contribution in [0, 0.1) is 0 Å². The van der Waals surface area contributed by atoms with Crippen molar-refractivity contribution in [1.29, 1.82) is 0 Å². The van der Waals surface area contributed by atoms with Gasteiger partial charge in [0.1, 0.15) is 5.82 Å². The van der Waals surface area contributed by atoms with Crippen LogP contribution in [0.3, 0.4) is 0 Å². The first-order valence-corrected chi connectivity index (χ1v) is 6.64. The molecule has 0 unspecified atom stereocenters. The molecule has 2 aromatic heterocycles. The van der Waals surface area contributed by atoms with Crippen molar-refractivity contribution in [3.05, 3.63) is 42.2 Å². The lowest BCUT2D eigenvalue weighted by Crippen LogP contribution is -2.27. The van der Waals surface area contributed by atoms with Crippen molar-refractivity contribution in [3.8, 4) is 0 Å². The highest BCUT2D eigenvalue weighted by Crippen LogP contribution is 2.12. The molecule has 0 aromatic carbocycles. The van der Waals surface area contributed by atoms with Crippen molar-refractivity contribution in [2.24, 2.45) is 7.05 Å². The summed E-state index contributed by atoms with van der Waals surface area (Å²) >= 11 is 0. The molecule has 2 N–H and O–H groups in total. The molecule has 0 radical (unpaired) electrons. The molecule has 0 spiro atoms. The van der Waals surface area contributed by atoms with Gasteiger partial charge in [-0.2, -0.15) is 0 Å². The van der Waals surface area contributed by atoms with E-state index < -0.39 is 0 Å². The van der Waals surface area contributed by atoms with E-state index in [-0.39, 0.29) is 5.91 Å². The number of pyridine rings is 1. The van der Waals surface area contributed by atoms with Gasteiger partial charge >= 0.3 is 0 Å². The number of hydrogen-bond acceptors (Lipinski definition) is 4. The summed E-state index contributed by atoms with van der Waals surface area (Å²) in [6.07, 6.45) is 7.59. The summed E-state index contributed by atoms with van der Waals surface area (Å²) < 4.78 is 1.94. The van der Waals surface area contributed by atoms with Crippen molar-refractivity contribution >= 4 is 11.6 Å². The van der Waals surface area contributed by atoms with Gasteiger partial charge < -0.3 is 15.2 Å². The maximum Gasteiger partial charge on any atom is 0.254 e. The zero-order valence-corrected chi connectivity index (χ0v) is 11.8. The Hall–Kier alpha value is -2.37. The first-order valence-electron chi connectivity index (χ1n) is 6.64. The van der Waals surface area contributed by atoms with Gasteiger partial charge in [-0.05, 0) is 13.0 Å². The molecule has 0 fully saturated rings. The molecule has 6 heteroatoms. The summed E-state index contributed by atoms with van der Waals surface area (Å²) in [5, 5.41) is 6.04. The molecule has 0 bridgehead atoms. The standard InChI is InChI=1S/C14H19N5O/c1-3-16-12-4-6-15-10-11(12)14(20)18-7-5-13-17-8-9-19(13)2/h4,6,8-10H,3,5,7H2,1-2H3,(H,15,16)(H,18,20). The number of carbonyl (C=O) groups excluding carboxylic acids is 1. The number of aromatic nitrogens is 3. The molecule has 1 amide bonds. The van der Waals surface area contributed by atoms with Crippen LogP contribution in [0.25, 0.3) is 0 Å². The van der Waals surface area contributed by atoms with Gasteiger partial charge in [0.25, 0.3) is 5.91 Å². The van der Waals surface area contributed by atoms with Crippen LogP contribution in [-0.2, 0) is 13.5 Å². The second-order valence-electron chi connectivity index (χ2n) is 4.41. The molecule has 2 aromatic rings. The average Bonchev–Trinajstić information content (AvgIpc) is 2.85. The number of nitrogens with zero attached hydrogens (tertiary/aromatic N) is 3. The number of amides is 1. The minimum Gasteiger partial charge on any atom is -0.385 e. The van der Waals surface area contributed by atoms with Crippen molar-refractivity contribution in [3.63, 3.8) is 0 Å². The molecular weight excluding hydrogens is 254 g/mol. The predicted octanol–water partition coefficient (Wildman–Crippen LogP) is 1.22. The summed E-state index contributed by atoms with van der Waals surface area (Å²) in [6.45, 7) is 3.30. The van der Waals surface area contributed by atoms with E-state index >= 15 is 0 Å². The Morgan fingerprint density at radius 2 is 2.25 bits per heavy atom. The molecule has 0 saturated heterocycles. The minimum atomic E-state index is -0.122. The average molecular weight is 273 g/mol. The first-order chi connectivity index (χ1) is 9.72. The highest BCUT2D eigenvalue weighted by Gasteiger charge is 2.10. The third kappa shape index (κ3) is 3.34. The largest absolute Gasteiger partial charge is 0.385 e. The molecular formula is C14H19N5O. The first kappa shape index (κ1) is 14.0. The Balaban J connectivity index is 1.93. The Kier molecular flexibility index (Phi) is 4.70. The van der Waals surface area contributed by atoms with Gasteiger partial charge in [-0.3, -0.25) is 9.78 Å². The van der Waals surface area contributed by atoms with Gasteiger partial charge in [0.2, 0.25) is 0 Å². The zero-order chi connectivity index (χ0) is 14.4. The van der Waals surface area contributed by atoms with Gasteiger partial charge in [0.15, 0.2) is 0 Å². The van der Waals surface area contributed by atoms with E-state index in [1.807, 2.05) is 24.7 Å². The summed E-state index contributed by atoms with van der Waals surface area (Å²) in [5.74, 6) is 0.826. The molecule has 0 atom stereocenters. The van der Waals surface area contributed by atoms with Gasteiger partial charge in [0.05, 0.1) is 11.3 Å². The molecule has 0 aliphatic carbocycles. The fraction of sp³-hybridized carbons (Fsp3) is 0.357. The van der Waals surface area contributed by atoms with E-state index in [0.717, 1.165) is 18.1 Å². The smallest absolute Gasteiger partial charge is 0.254 e. The fourth-order valence-corrected chi connectivity index (χ4v) is 1.94. The molecule has 2 rings (SSSR count). The minimum absolute atomic E-state index is 0.122. The van der Waals surface area contributed by atoms with E-state index in [0.29, 0.717) is 18.5 Å². The van der Waals surface area contributed by atoms with E-state index in [2.05, 4.69) is 20.6 Å². The van der Waals surface area contributed by atoms with Gasteiger partial charge in [-0.25, -0.2) is 4.98 Å². The normalized spacial score (nSPS) is 10.3. The number of nitrogens with one attached hydrogen (secondary N) is 2. The molecule has 106 valence electrons. The van der Waals surface area contributed by atoms with Crippen LogP contribution in [-0.4, -0.2) is 33.5 Å². The van der Waals surface area contributed by atoms with Crippen LogP contribution in [0.5, 0.6) is 0 Å². The number of carbonyl (C=O) groups is 1. The highest BCUT2D eigenvalue weighted by atomic mass is 16.1. The van der Waals surface area contributed by atoms with Crippen molar-refractivity contribution < 1.29 is 4.79 Å². The molecule has 0 saturated carbocycles. The Bertz CT molecular complexity index is 578. The lowest BCUT2D eigenvalue weighted by Gasteiger charge is -2.10. The van der Waals surface area contributed by atoms with Crippen LogP contribution in [0.4, 0.5) is 5.69 Å². The quantitative estimate of drug-likeness (QED) is 0.830. The lowest BCUT2D eigenvalue weighted by molar-refractivity contribution is 0.0954. The fourth-order valence-electron chi connectivity index (χ4n) is 1.94. The Morgan fingerprint density at radius 1 is 1.40 bits per heavy atom. The summed E-state index contributed by atoms with van der Waals surface area (Å²) in [6, 6.07) is 1.80. The van der Waals surface area contributed by atoms with Crippen LogP contribution in [0.15, 0.2) is 30.9 Å². The van der Waals surface area contributed by atoms with E-state index in [1.54, 1.807) is 24.7 Å². The summed E-state index contributed by atoms with van der Waals surface area (Å²) in [7, 11) is 1.94. The number of imidazole rings is 1. The predicted molar refractivity (Wildman–Crippen MR) is 77.6 cm³/mol. The van der Waals surface area contributed by atoms with E-state index in [4.69, 9.17) is 0 Å². The molecule has 0 aliphatic heterocycles. The molecule has 20 heavy (non-hydrogen) atoms. The van der Waals surface area contributed by atoms with Crippen LogP contribution >= 0.6 is 0 Å². The van der Waals surface area contributed by atoms with Crippen LogP contribution in [0.1, 0.15) is 23.1 Å². The van der Waals surface area contributed by atoms with Crippen molar-refractivity contribution in [2.75, 3.05) is 18.4 Å². The molecule has 2 heterocycles. The third-order valence-electron chi connectivity index (χ3n) is 2.99. The van der Waals surface area contributed by atoms with Crippen molar-refractivity contribution in [1.82, 2.24) is 19.9 Å². The lowest BCUT2D eigenvalue weighted by atomic mass is 10.2. The zero-order valence-electron chi connectivity index (χ0n) is 11.8. The van der Waals surface area contributed by atoms with Gasteiger partial charge in [0, 0.05) is 51.3 Å². The Morgan fingerprint density at radius 3 is 2.95 bits per heavy atom. The van der Waals surface area contributed by atoms with Crippen molar-refractivity contribution in [2.45, 2.75) is 13.3 Å². The summed E-state index contributed by atoms with van der Waals surface area (Å²) in [4.78, 5) is 20.4. The highest BCUT2D eigenvalue weighted by molar-refractivity contribution is 5.99. The maximum absolute atomic E-state index is 12.1. The summed E-state index contributed by atoms with van der Waals surface area (Å²) in [5.41, 5.74) is 1.37. The number of aryl methyl sites for hydroxylation is 1. The number of rotatable bonds is 6. The maximum atomic E-state index is 12.1. The topological polar surface area (TPSA) is 71.8 Å². The molecule has 6 nitrogen and oxygen atoms in total. The number of anilines is 1. The Labute approximate surface area is 118 Å². The van der Waals surface area contributed by atoms with E-state index in [9.17, 15) is 4.79 Å². The van der Waals surface area contributed by atoms with Crippen LogP contribution < -0.4 is 10.6 Å². The molecule has 0 aliphatic rings. The second kappa shape index (κ2) is 6.70. The van der Waals surface area contributed by atoms with Crippen LogP contribution in [0.2, 0.25) is 0 Å².